The normalized spacial score (nSPS) is 10.9. The molecule has 0 amide bonds. The largest absolute Gasteiger partial charge is 0.370 e. The number of nitrogens with zero attached hydrogens (tertiary/aromatic N) is 2. The Hall–Kier alpha value is -1.68. The third-order valence-electron chi connectivity index (χ3n) is 2.99. The fourth-order valence-corrected chi connectivity index (χ4v) is 2.35. The van der Waals surface area contributed by atoms with E-state index in [1.165, 1.54) is 18.5 Å². The Balaban J connectivity index is 2.67. The van der Waals surface area contributed by atoms with Gasteiger partial charge in [-0.25, -0.2) is 14.4 Å². The maximum absolute atomic E-state index is 13.5. The first-order valence-electron chi connectivity index (χ1n) is 6.58. The van der Waals surface area contributed by atoms with Crippen molar-refractivity contribution in [2.45, 2.75) is 26.7 Å². The molecule has 0 radical (unpaired) electrons. The Morgan fingerprint density at radius 2 is 2.05 bits per heavy atom. The zero-order valence-corrected chi connectivity index (χ0v) is 12.5. The average Bonchev–Trinajstić information content (AvgIpc) is 2.41. The summed E-state index contributed by atoms with van der Waals surface area (Å²) in [6.07, 6.45) is 1.47. The monoisotopic (exact) mass is 293 g/mol. The number of nitrogens with one attached hydrogen (secondary N) is 1. The number of hydrogen-bond donors (Lipinski definition) is 1. The van der Waals surface area contributed by atoms with Crippen LogP contribution in [0.4, 0.5) is 10.2 Å². The van der Waals surface area contributed by atoms with Crippen LogP contribution in [0.5, 0.6) is 0 Å². The number of aromatic nitrogens is 2. The zero-order chi connectivity index (χ0) is 14.7. The lowest BCUT2D eigenvalue weighted by Crippen LogP contribution is -2.07. The lowest BCUT2D eigenvalue weighted by Gasteiger charge is -2.17. The number of rotatable bonds is 4. The minimum absolute atomic E-state index is 0.194. The molecule has 5 heteroatoms. The van der Waals surface area contributed by atoms with Crippen molar-refractivity contribution < 1.29 is 4.39 Å². The molecule has 0 saturated carbocycles. The first kappa shape index (κ1) is 14.7. The molecule has 0 fully saturated rings. The summed E-state index contributed by atoms with van der Waals surface area (Å²) < 4.78 is 13.5. The van der Waals surface area contributed by atoms with E-state index >= 15 is 0 Å². The van der Waals surface area contributed by atoms with E-state index in [1.807, 2.05) is 6.92 Å². The molecule has 0 aliphatic rings. The highest BCUT2D eigenvalue weighted by Gasteiger charge is 2.18. The molecule has 106 valence electrons. The highest BCUT2D eigenvalue weighted by molar-refractivity contribution is 6.33. The van der Waals surface area contributed by atoms with Gasteiger partial charge in [0.2, 0.25) is 0 Å². The first-order valence-corrected chi connectivity index (χ1v) is 6.96. The number of anilines is 1. The predicted octanol–water partition coefficient (Wildman–Crippen LogP) is 4.49. The van der Waals surface area contributed by atoms with Crippen LogP contribution in [-0.2, 0) is 0 Å². The molecule has 1 aromatic heterocycles. The summed E-state index contributed by atoms with van der Waals surface area (Å²) in [5.74, 6) is 0.634. The summed E-state index contributed by atoms with van der Waals surface area (Å²) in [6, 6.07) is 4.30. The second-order valence-corrected chi connectivity index (χ2v) is 5.20. The lowest BCUT2D eigenvalue weighted by molar-refractivity contribution is 0.628. The predicted molar refractivity (Wildman–Crippen MR) is 80.7 cm³/mol. The number of halogens is 2. The second-order valence-electron chi connectivity index (χ2n) is 4.79. The van der Waals surface area contributed by atoms with Crippen LogP contribution in [0.3, 0.4) is 0 Å². The molecule has 20 heavy (non-hydrogen) atoms. The summed E-state index contributed by atoms with van der Waals surface area (Å²) >= 11 is 6.19. The number of hydrogen-bond acceptors (Lipinski definition) is 3. The van der Waals surface area contributed by atoms with E-state index in [0.29, 0.717) is 16.3 Å². The Labute approximate surface area is 123 Å². The van der Waals surface area contributed by atoms with Gasteiger partial charge in [-0.1, -0.05) is 25.4 Å². The zero-order valence-electron chi connectivity index (χ0n) is 11.7. The van der Waals surface area contributed by atoms with E-state index in [2.05, 4.69) is 29.1 Å². The van der Waals surface area contributed by atoms with Crippen LogP contribution in [-0.4, -0.2) is 16.5 Å². The molecule has 0 aliphatic heterocycles. The van der Waals surface area contributed by atoms with Crippen molar-refractivity contribution in [2.75, 3.05) is 11.9 Å². The van der Waals surface area contributed by atoms with E-state index in [1.54, 1.807) is 6.07 Å². The Bertz CT molecular complexity index is 614. The van der Waals surface area contributed by atoms with Gasteiger partial charge < -0.3 is 5.32 Å². The highest BCUT2D eigenvalue weighted by Crippen LogP contribution is 2.35. The molecule has 0 spiro atoms. The van der Waals surface area contributed by atoms with Gasteiger partial charge in [0.05, 0.1) is 10.7 Å². The van der Waals surface area contributed by atoms with Gasteiger partial charge in [-0.3, -0.25) is 0 Å². The van der Waals surface area contributed by atoms with Crippen molar-refractivity contribution in [3.8, 4) is 11.3 Å². The van der Waals surface area contributed by atoms with Gasteiger partial charge in [-0.15, -0.1) is 0 Å². The topological polar surface area (TPSA) is 37.8 Å². The standard InChI is InChI=1S/C15H17ClFN3/c1-4-18-15-13(9(2)3)14(19-8-20-15)11-7-10(17)5-6-12(11)16/h5-9H,4H2,1-3H3,(H,18,19,20). The van der Waals surface area contributed by atoms with Crippen LogP contribution in [0.2, 0.25) is 5.02 Å². The average molecular weight is 294 g/mol. The molecule has 1 heterocycles. The van der Waals surface area contributed by atoms with Gasteiger partial charge in [-0.05, 0) is 31.0 Å². The van der Waals surface area contributed by atoms with E-state index in [4.69, 9.17) is 11.6 Å². The van der Waals surface area contributed by atoms with Crippen LogP contribution >= 0.6 is 11.6 Å². The quantitative estimate of drug-likeness (QED) is 0.902. The van der Waals surface area contributed by atoms with Crippen LogP contribution in [0, 0.1) is 5.82 Å². The van der Waals surface area contributed by atoms with E-state index in [-0.39, 0.29) is 11.7 Å². The SMILES string of the molecule is CCNc1ncnc(-c2cc(F)ccc2Cl)c1C(C)C. The summed E-state index contributed by atoms with van der Waals surface area (Å²) in [5.41, 5.74) is 2.22. The summed E-state index contributed by atoms with van der Waals surface area (Å²) in [4.78, 5) is 8.58. The molecular weight excluding hydrogens is 277 g/mol. The Kier molecular flexibility index (Phi) is 4.55. The van der Waals surface area contributed by atoms with Crippen molar-refractivity contribution in [1.29, 1.82) is 0 Å². The van der Waals surface area contributed by atoms with Crippen molar-refractivity contribution in [3.05, 3.63) is 40.9 Å². The van der Waals surface area contributed by atoms with Crippen molar-refractivity contribution >= 4 is 17.4 Å². The van der Waals surface area contributed by atoms with Gasteiger partial charge in [0, 0.05) is 17.7 Å². The summed E-state index contributed by atoms with van der Waals surface area (Å²) in [5, 5.41) is 3.69. The van der Waals surface area contributed by atoms with Crippen molar-refractivity contribution in [2.24, 2.45) is 0 Å². The van der Waals surface area contributed by atoms with Crippen LogP contribution in [0.1, 0.15) is 32.3 Å². The Morgan fingerprint density at radius 1 is 1.30 bits per heavy atom. The van der Waals surface area contributed by atoms with Gasteiger partial charge in [0.15, 0.2) is 0 Å². The maximum atomic E-state index is 13.5. The third kappa shape index (κ3) is 2.90. The molecule has 0 bridgehead atoms. The fraction of sp³-hybridized carbons (Fsp3) is 0.333. The smallest absolute Gasteiger partial charge is 0.133 e. The molecule has 2 rings (SSSR count). The summed E-state index contributed by atoms with van der Waals surface area (Å²) in [6.45, 7) is 6.86. The molecule has 0 saturated heterocycles. The van der Waals surface area contributed by atoms with Gasteiger partial charge >= 0.3 is 0 Å². The maximum Gasteiger partial charge on any atom is 0.133 e. The molecule has 2 aromatic rings. The minimum Gasteiger partial charge on any atom is -0.370 e. The first-order chi connectivity index (χ1) is 9.54. The lowest BCUT2D eigenvalue weighted by atomic mass is 9.97. The Morgan fingerprint density at radius 3 is 2.70 bits per heavy atom. The van der Waals surface area contributed by atoms with Crippen LogP contribution in [0.25, 0.3) is 11.3 Å². The van der Waals surface area contributed by atoms with Gasteiger partial charge in [0.1, 0.15) is 18.0 Å². The number of benzene rings is 1. The van der Waals surface area contributed by atoms with Crippen LogP contribution < -0.4 is 5.32 Å². The molecular formula is C15H17ClFN3. The van der Waals surface area contributed by atoms with E-state index < -0.39 is 0 Å². The van der Waals surface area contributed by atoms with Crippen LogP contribution in [0.15, 0.2) is 24.5 Å². The highest BCUT2D eigenvalue weighted by atomic mass is 35.5. The van der Waals surface area contributed by atoms with Crippen molar-refractivity contribution in [1.82, 2.24) is 9.97 Å². The van der Waals surface area contributed by atoms with E-state index in [0.717, 1.165) is 17.9 Å². The summed E-state index contributed by atoms with van der Waals surface area (Å²) in [7, 11) is 0. The van der Waals surface area contributed by atoms with Gasteiger partial charge in [0.25, 0.3) is 0 Å². The van der Waals surface area contributed by atoms with Crippen molar-refractivity contribution in [3.63, 3.8) is 0 Å². The fourth-order valence-electron chi connectivity index (χ4n) is 2.14. The molecule has 1 aromatic carbocycles. The molecule has 0 atom stereocenters. The van der Waals surface area contributed by atoms with E-state index in [9.17, 15) is 4.39 Å². The molecule has 0 aliphatic carbocycles. The molecule has 3 nitrogen and oxygen atoms in total. The van der Waals surface area contributed by atoms with Gasteiger partial charge in [-0.2, -0.15) is 0 Å². The minimum atomic E-state index is -0.331. The molecule has 1 N–H and O–H groups in total. The second kappa shape index (κ2) is 6.18. The molecule has 0 unspecified atom stereocenters. The third-order valence-corrected chi connectivity index (χ3v) is 3.32.